The Hall–Kier alpha value is -1.00. The highest BCUT2D eigenvalue weighted by molar-refractivity contribution is 6.29. The van der Waals surface area contributed by atoms with Gasteiger partial charge in [-0.15, -0.1) is 0 Å². The molecule has 0 spiro atoms. The van der Waals surface area contributed by atoms with Crippen molar-refractivity contribution in [3.63, 3.8) is 0 Å². The summed E-state index contributed by atoms with van der Waals surface area (Å²) in [7, 11) is 0. The van der Waals surface area contributed by atoms with E-state index in [-0.39, 0.29) is 22.9 Å². The van der Waals surface area contributed by atoms with Crippen molar-refractivity contribution in [1.29, 1.82) is 0 Å². The molecule has 1 atom stereocenters. The minimum atomic E-state index is -0.237. The minimum Gasteiger partial charge on any atom is -0.440 e. The second-order valence-corrected chi connectivity index (χ2v) is 4.84. The van der Waals surface area contributed by atoms with Gasteiger partial charge in [-0.3, -0.25) is 4.79 Å². The van der Waals surface area contributed by atoms with E-state index in [1.807, 2.05) is 0 Å². The van der Waals surface area contributed by atoms with Crippen LogP contribution in [0, 0.1) is 5.92 Å². The maximum absolute atomic E-state index is 11.9. The van der Waals surface area contributed by atoms with E-state index in [1.54, 1.807) is 12.1 Å². The molecule has 1 aliphatic carbocycles. The predicted octanol–water partition coefficient (Wildman–Crippen LogP) is 2.18. The first kappa shape index (κ1) is 12.5. The van der Waals surface area contributed by atoms with Crippen LogP contribution in [-0.2, 0) is 0 Å². The molecule has 1 unspecified atom stereocenters. The van der Waals surface area contributed by atoms with Gasteiger partial charge in [-0.25, -0.2) is 0 Å². The van der Waals surface area contributed by atoms with Gasteiger partial charge in [-0.05, 0) is 42.5 Å². The van der Waals surface area contributed by atoms with Crippen molar-refractivity contribution < 1.29 is 9.21 Å². The monoisotopic (exact) mass is 256 g/mol. The average Bonchev–Trinajstić information content (AvgIpc) is 2.96. The molecular formula is C12H17ClN2O2. The first-order chi connectivity index (χ1) is 8.20. The summed E-state index contributed by atoms with van der Waals surface area (Å²) in [5.41, 5.74) is 5.71. The number of halogens is 1. The number of hydrogen-bond donors (Lipinski definition) is 2. The summed E-state index contributed by atoms with van der Waals surface area (Å²) in [6.45, 7) is 0.463. The van der Waals surface area contributed by atoms with E-state index >= 15 is 0 Å². The van der Waals surface area contributed by atoms with Gasteiger partial charge in [0.05, 0.1) is 0 Å². The number of nitrogens with two attached hydrogens (primary N) is 1. The third kappa shape index (κ3) is 3.01. The fraction of sp³-hybridized carbons (Fsp3) is 0.583. The quantitative estimate of drug-likeness (QED) is 0.868. The van der Waals surface area contributed by atoms with Gasteiger partial charge in [-0.2, -0.15) is 0 Å². The van der Waals surface area contributed by atoms with E-state index in [0.717, 1.165) is 12.8 Å². The lowest BCUT2D eigenvalue weighted by Gasteiger charge is -2.22. The van der Waals surface area contributed by atoms with Gasteiger partial charge in [0.25, 0.3) is 5.91 Å². The van der Waals surface area contributed by atoms with Crippen molar-refractivity contribution in [3.05, 3.63) is 23.1 Å². The highest BCUT2D eigenvalue weighted by Gasteiger charge is 2.26. The molecule has 17 heavy (non-hydrogen) atoms. The second kappa shape index (κ2) is 5.56. The largest absolute Gasteiger partial charge is 0.440 e. The number of carbonyl (C=O) groups excluding carboxylic acids is 1. The summed E-state index contributed by atoms with van der Waals surface area (Å²) in [6, 6.07) is 3.16. The molecule has 2 rings (SSSR count). The maximum atomic E-state index is 11.9. The van der Waals surface area contributed by atoms with Crippen molar-refractivity contribution in [3.8, 4) is 0 Å². The van der Waals surface area contributed by atoms with Gasteiger partial charge >= 0.3 is 0 Å². The summed E-state index contributed by atoms with van der Waals surface area (Å²) >= 11 is 5.63. The van der Waals surface area contributed by atoms with E-state index in [1.165, 1.54) is 12.8 Å². The lowest BCUT2D eigenvalue weighted by Crippen LogP contribution is -2.44. The molecule has 1 saturated carbocycles. The maximum Gasteiger partial charge on any atom is 0.287 e. The molecular weight excluding hydrogens is 240 g/mol. The van der Waals surface area contributed by atoms with E-state index < -0.39 is 0 Å². The van der Waals surface area contributed by atoms with Crippen LogP contribution in [0.15, 0.2) is 16.5 Å². The zero-order valence-electron chi connectivity index (χ0n) is 9.62. The number of carbonyl (C=O) groups is 1. The van der Waals surface area contributed by atoms with Gasteiger partial charge in [0, 0.05) is 12.6 Å². The van der Waals surface area contributed by atoms with Crippen molar-refractivity contribution in [2.24, 2.45) is 11.7 Å². The van der Waals surface area contributed by atoms with Crippen LogP contribution in [0.5, 0.6) is 0 Å². The van der Waals surface area contributed by atoms with Crippen LogP contribution < -0.4 is 11.1 Å². The first-order valence-electron chi connectivity index (χ1n) is 5.97. The number of hydrogen-bond acceptors (Lipinski definition) is 3. The second-order valence-electron chi connectivity index (χ2n) is 4.46. The molecule has 1 aromatic rings. The lowest BCUT2D eigenvalue weighted by atomic mass is 9.98. The van der Waals surface area contributed by atoms with Crippen LogP contribution in [0.25, 0.3) is 0 Å². The highest BCUT2D eigenvalue weighted by Crippen LogP contribution is 2.27. The SMILES string of the molecule is NCC(NC(=O)c1ccc(Cl)o1)C1CCCC1. The van der Waals surface area contributed by atoms with Crippen LogP contribution in [0.1, 0.15) is 36.2 Å². The molecule has 1 aliphatic rings. The third-order valence-electron chi connectivity index (χ3n) is 3.34. The molecule has 4 nitrogen and oxygen atoms in total. The van der Waals surface area contributed by atoms with Crippen molar-refractivity contribution in [1.82, 2.24) is 5.32 Å². The zero-order valence-corrected chi connectivity index (χ0v) is 10.4. The Morgan fingerprint density at radius 1 is 1.53 bits per heavy atom. The molecule has 0 saturated heterocycles. The zero-order chi connectivity index (χ0) is 12.3. The van der Waals surface area contributed by atoms with E-state index in [4.69, 9.17) is 21.8 Å². The normalized spacial score (nSPS) is 18.2. The Morgan fingerprint density at radius 2 is 2.24 bits per heavy atom. The Labute approximate surface area is 105 Å². The Morgan fingerprint density at radius 3 is 2.76 bits per heavy atom. The molecule has 1 amide bonds. The number of furan rings is 1. The van der Waals surface area contributed by atoms with Gasteiger partial charge in [0.2, 0.25) is 0 Å². The first-order valence-corrected chi connectivity index (χ1v) is 6.35. The summed E-state index contributed by atoms with van der Waals surface area (Å²) in [4.78, 5) is 11.9. The van der Waals surface area contributed by atoms with Crippen LogP contribution in [-0.4, -0.2) is 18.5 Å². The average molecular weight is 257 g/mol. The Balaban J connectivity index is 1.96. The Bertz CT molecular complexity index is 386. The lowest BCUT2D eigenvalue weighted by molar-refractivity contribution is 0.0896. The van der Waals surface area contributed by atoms with Gasteiger partial charge in [-0.1, -0.05) is 12.8 Å². The molecule has 0 radical (unpaired) electrons. The minimum absolute atomic E-state index is 0.0360. The molecule has 1 aromatic heterocycles. The van der Waals surface area contributed by atoms with Crippen molar-refractivity contribution >= 4 is 17.5 Å². The summed E-state index contributed by atoms with van der Waals surface area (Å²) in [6.07, 6.45) is 4.73. The summed E-state index contributed by atoms with van der Waals surface area (Å²) in [5, 5.41) is 3.14. The van der Waals surface area contributed by atoms with Crippen molar-refractivity contribution in [2.75, 3.05) is 6.54 Å². The smallest absolute Gasteiger partial charge is 0.287 e. The molecule has 3 N–H and O–H groups in total. The molecule has 1 heterocycles. The molecule has 1 fully saturated rings. The number of amides is 1. The Kier molecular flexibility index (Phi) is 4.07. The van der Waals surface area contributed by atoms with Gasteiger partial charge in [0.15, 0.2) is 11.0 Å². The van der Waals surface area contributed by atoms with Crippen LogP contribution in [0.4, 0.5) is 0 Å². The molecule has 0 bridgehead atoms. The van der Waals surface area contributed by atoms with Gasteiger partial charge in [0.1, 0.15) is 0 Å². The van der Waals surface area contributed by atoms with E-state index in [9.17, 15) is 4.79 Å². The van der Waals surface area contributed by atoms with Crippen molar-refractivity contribution in [2.45, 2.75) is 31.7 Å². The number of rotatable bonds is 4. The van der Waals surface area contributed by atoms with Crippen LogP contribution in [0.2, 0.25) is 5.22 Å². The topological polar surface area (TPSA) is 68.3 Å². The standard InChI is InChI=1S/C12H17ClN2O2/c13-11-6-5-10(17-11)12(16)15-9(7-14)8-3-1-2-4-8/h5-6,8-9H,1-4,7,14H2,(H,15,16). The van der Waals surface area contributed by atoms with E-state index in [0.29, 0.717) is 12.5 Å². The summed E-state index contributed by atoms with van der Waals surface area (Å²) in [5.74, 6) is 0.500. The van der Waals surface area contributed by atoms with Gasteiger partial charge < -0.3 is 15.5 Å². The fourth-order valence-electron chi connectivity index (χ4n) is 2.40. The summed E-state index contributed by atoms with van der Waals surface area (Å²) < 4.78 is 5.07. The highest BCUT2D eigenvalue weighted by atomic mass is 35.5. The fourth-order valence-corrected chi connectivity index (χ4v) is 2.55. The third-order valence-corrected chi connectivity index (χ3v) is 3.54. The number of nitrogens with one attached hydrogen (secondary N) is 1. The molecule has 5 heteroatoms. The van der Waals surface area contributed by atoms with Crippen LogP contribution >= 0.6 is 11.6 Å². The van der Waals surface area contributed by atoms with Crippen LogP contribution in [0.3, 0.4) is 0 Å². The molecule has 94 valence electrons. The predicted molar refractivity (Wildman–Crippen MR) is 66.0 cm³/mol. The molecule has 0 aromatic carbocycles. The van der Waals surface area contributed by atoms with E-state index in [2.05, 4.69) is 5.32 Å². The molecule has 0 aliphatic heterocycles.